The average Bonchev–Trinajstić information content (AvgIpc) is 2.19. The van der Waals surface area contributed by atoms with Gasteiger partial charge in [-0.25, -0.2) is 0 Å². The summed E-state index contributed by atoms with van der Waals surface area (Å²) in [6.45, 7) is 0. The van der Waals surface area contributed by atoms with Gasteiger partial charge < -0.3 is 0 Å². The first-order valence-electron chi connectivity index (χ1n) is 4.62. The molecule has 0 saturated heterocycles. The van der Waals surface area contributed by atoms with Gasteiger partial charge in [-0.2, -0.15) is 0 Å². The van der Waals surface area contributed by atoms with E-state index in [1.807, 2.05) is 0 Å². The van der Waals surface area contributed by atoms with Gasteiger partial charge in [0.25, 0.3) is 0 Å². The van der Waals surface area contributed by atoms with Gasteiger partial charge in [-0.1, -0.05) is 48.6 Å². The van der Waals surface area contributed by atoms with Crippen LogP contribution in [0.1, 0.15) is 11.1 Å². The van der Waals surface area contributed by atoms with Crippen LogP contribution >= 0.6 is 0 Å². The summed E-state index contributed by atoms with van der Waals surface area (Å²) in [7, 11) is 0. The number of benzene rings is 2. The van der Waals surface area contributed by atoms with Crippen molar-refractivity contribution in [3.8, 4) is 0 Å². The summed E-state index contributed by atoms with van der Waals surface area (Å²) in [5, 5.41) is 2.80. The summed E-state index contributed by atoms with van der Waals surface area (Å²) in [5.41, 5.74) is 2.81. The molecule has 0 bridgehead atoms. The summed E-state index contributed by atoms with van der Waals surface area (Å²) in [6, 6.07) is 13.0. The molecule has 1 aliphatic rings. The van der Waals surface area contributed by atoms with Crippen LogP contribution in [-0.2, 0) is 6.42 Å². The molecule has 0 spiro atoms. The van der Waals surface area contributed by atoms with E-state index in [2.05, 4.69) is 48.6 Å². The minimum atomic E-state index is 0. The van der Waals surface area contributed by atoms with Crippen LogP contribution in [0.4, 0.5) is 0 Å². The monoisotopic (exact) mass is 190 g/mol. The average molecular weight is 190 g/mol. The summed E-state index contributed by atoms with van der Waals surface area (Å²) in [6.07, 6.45) is 5.53. The van der Waals surface area contributed by atoms with E-state index in [-0.39, 0.29) is 29.6 Å². The van der Waals surface area contributed by atoms with Crippen molar-refractivity contribution >= 4 is 46.4 Å². The second-order valence-electron chi connectivity index (χ2n) is 3.47. The molecule has 0 heterocycles. The van der Waals surface area contributed by atoms with Crippen molar-refractivity contribution in [3.05, 3.63) is 53.6 Å². The molecule has 0 aliphatic heterocycles. The Labute approximate surface area is 106 Å². The molecule has 0 amide bonds. The third-order valence-corrected chi connectivity index (χ3v) is 2.66. The van der Waals surface area contributed by atoms with Crippen LogP contribution in [0, 0.1) is 0 Å². The van der Waals surface area contributed by atoms with Gasteiger partial charge in [0.05, 0.1) is 0 Å². The second kappa shape index (κ2) is 3.90. The van der Waals surface area contributed by atoms with E-state index in [9.17, 15) is 0 Å². The van der Waals surface area contributed by atoms with Crippen LogP contribution in [0.15, 0.2) is 42.5 Å². The Morgan fingerprint density at radius 2 is 1.71 bits per heavy atom. The van der Waals surface area contributed by atoms with Crippen molar-refractivity contribution in [3.63, 3.8) is 0 Å². The van der Waals surface area contributed by atoms with E-state index in [1.54, 1.807) is 0 Å². The normalized spacial score (nSPS) is 12.6. The molecule has 0 aromatic heterocycles. The predicted molar refractivity (Wildman–Crippen MR) is 63.8 cm³/mol. The van der Waals surface area contributed by atoms with Crippen LogP contribution in [0.2, 0.25) is 0 Å². The third-order valence-electron chi connectivity index (χ3n) is 2.66. The van der Waals surface area contributed by atoms with E-state index >= 15 is 0 Å². The van der Waals surface area contributed by atoms with Crippen molar-refractivity contribution in [2.75, 3.05) is 0 Å². The number of hydrogen-bond acceptors (Lipinski definition) is 0. The Morgan fingerprint density at radius 3 is 2.57 bits per heavy atom. The molecule has 1 heteroatoms. The Kier molecular flexibility index (Phi) is 2.78. The van der Waals surface area contributed by atoms with Gasteiger partial charge in [-0.15, -0.1) is 0 Å². The van der Waals surface area contributed by atoms with Crippen LogP contribution in [0.25, 0.3) is 16.8 Å². The molecule has 3 rings (SSSR count). The van der Waals surface area contributed by atoms with Gasteiger partial charge in [-0.05, 0) is 28.3 Å². The molecule has 0 nitrogen and oxygen atoms in total. The Bertz CT molecular complexity index is 492. The summed E-state index contributed by atoms with van der Waals surface area (Å²) in [5.74, 6) is 0. The first-order chi connectivity index (χ1) is 6.45. The third kappa shape index (κ3) is 1.44. The van der Waals surface area contributed by atoms with E-state index < -0.39 is 0 Å². The Balaban J connectivity index is 0.000000750. The van der Waals surface area contributed by atoms with Crippen molar-refractivity contribution in [1.29, 1.82) is 0 Å². The van der Waals surface area contributed by atoms with Gasteiger partial charge >= 0.3 is 29.6 Å². The topological polar surface area (TPSA) is 0 Å². The fourth-order valence-corrected chi connectivity index (χ4v) is 2.07. The first-order valence-corrected chi connectivity index (χ1v) is 4.62. The van der Waals surface area contributed by atoms with Crippen LogP contribution in [0.5, 0.6) is 0 Å². The molecule has 0 unspecified atom stereocenters. The number of rotatable bonds is 0. The molecular formula is C13H11Na. The van der Waals surface area contributed by atoms with Crippen molar-refractivity contribution in [2.24, 2.45) is 0 Å². The Hall–Kier alpha value is -0.560. The minimum absolute atomic E-state index is 0. The SMILES string of the molecule is C1=Cc2cccc3cccc(c23)C1.[NaH]. The summed E-state index contributed by atoms with van der Waals surface area (Å²) in [4.78, 5) is 0. The Morgan fingerprint density at radius 1 is 0.929 bits per heavy atom. The maximum atomic E-state index is 2.23. The van der Waals surface area contributed by atoms with E-state index in [0.717, 1.165) is 6.42 Å². The molecule has 2 aromatic carbocycles. The molecule has 1 aliphatic carbocycles. The van der Waals surface area contributed by atoms with Gasteiger partial charge in [0.2, 0.25) is 0 Å². The molecule has 0 atom stereocenters. The number of allylic oxidation sites excluding steroid dienone is 1. The predicted octanol–water partition coefficient (Wildman–Crippen LogP) is 2.76. The quantitative estimate of drug-likeness (QED) is 0.560. The molecule has 0 radical (unpaired) electrons. The molecule has 0 fully saturated rings. The van der Waals surface area contributed by atoms with Crippen LogP contribution in [0.3, 0.4) is 0 Å². The van der Waals surface area contributed by atoms with Crippen molar-refractivity contribution < 1.29 is 0 Å². The molecule has 0 N–H and O–H groups in total. The van der Waals surface area contributed by atoms with Crippen molar-refractivity contribution in [2.45, 2.75) is 6.42 Å². The number of hydrogen-bond donors (Lipinski definition) is 0. The van der Waals surface area contributed by atoms with Gasteiger partial charge in [0.15, 0.2) is 0 Å². The zero-order valence-electron chi connectivity index (χ0n) is 7.33. The van der Waals surface area contributed by atoms with E-state index in [0.29, 0.717) is 0 Å². The second-order valence-corrected chi connectivity index (χ2v) is 3.47. The van der Waals surface area contributed by atoms with Gasteiger partial charge in [-0.3, -0.25) is 0 Å². The van der Waals surface area contributed by atoms with Crippen LogP contribution < -0.4 is 0 Å². The summed E-state index contributed by atoms with van der Waals surface area (Å²) >= 11 is 0. The maximum absolute atomic E-state index is 2.23. The van der Waals surface area contributed by atoms with Crippen molar-refractivity contribution in [1.82, 2.24) is 0 Å². The van der Waals surface area contributed by atoms with Gasteiger partial charge in [0, 0.05) is 0 Å². The standard InChI is InChI=1S/C13H10.Na.H/c1-4-10-6-2-8-12-9-3-7-11(5-1)13(10)12;;/h1-8H,9H2;;. The molecule has 0 saturated carbocycles. The van der Waals surface area contributed by atoms with E-state index in [4.69, 9.17) is 0 Å². The molecular weight excluding hydrogens is 179 g/mol. The summed E-state index contributed by atoms with van der Waals surface area (Å²) < 4.78 is 0. The first kappa shape index (κ1) is 9.97. The fourth-order valence-electron chi connectivity index (χ4n) is 2.07. The molecule has 14 heavy (non-hydrogen) atoms. The van der Waals surface area contributed by atoms with E-state index in [1.165, 1.54) is 21.9 Å². The molecule has 64 valence electrons. The van der Waals surface area contributed by atoms with Gasteiger partial charge in [0.1, 0.15) is 0 Å². The fraction of sp³-hybridized carbons (Fsp3) is 0.0769. The molecule has 2 aromatic rings. The zero-order chi connectivity index (χ0) is 8.67. The van der Waals surface area contributed by atoms with Crippen LogP contribution in [-0.4, -0.2) is 29.6 Å². The zero-order valence-corrected chi connectivity index (χ0v) is 7.33.